The van der Waals surface area contributed by atoms with E-state index in [-0.39, 0.29) is 6.42 Å². The molecule has 5 heteroatoms. The highest BCUT2D eigenvalue weighted by Gasteiger charge is 2.35. The molecule has 1 unspecified atom stereocenters. The molecular formula is C13H15F3N2. The molecule has 98 valence electrons. The van der Waals surface area contributed by atoms with E-state index < -0.39 is 12.2 Å². The van der Waals surface area contributed by atoms with Crippen LogP contribution in [0.3, 0.4) is 0 Å². The van der Waals surface area contributed by atoms with Crippen molar-refractivity contribution in [2.24, 2.45) is 5.73 Å². The largest absolute Gasteiger partial charge is 0.403 e. The van der Waals surface area contributed by atoms with Gasteiger partial charge in [0, 0.05) is 0 Å². The van der Waals surface area contributed by atoms with Crippen LogP contribution in [-0.4, -0.2) is 12.2 Å². The first-order chi connectivity index (χ1) is 8.43. The molecule has 0 spiro atoms. The molecule has 0 aliphatic rings. The van der Waals surface area contributed by atoms with Crippen molar-refractivity contribution in [2.75, 3.05) is 0 Å². The van der Waals surface area contributed by atoms with E-state index in [4.69, 9.17) is 11.0 Å². The molecule has 0 heterocycles. The van der Waals surface area contributed by atoms with Crippen molar-refractivity contribution in [3.8, 4) is 6.07 Å². The fourth-order valence-corrected chi connectivity index (χ4v) is 1.60. The number of nitrogens with zero attached hydrogens (tertiary/aromatic N) is 1. The summed E-state index contributed by atoms with van der Waals surface area (Å²) in [4.78, 5) is 0. The van der Waals surface area contributed by atoms with Gasteiger partial charge in [-0.2, -0.15) is 18.4 Å². The molecule has 0 saturated carbocycles. The van der Waals surface area contributed by atoms with Gasteiger partial charge in [-0.3, -0.25) is 0 Å². The maximum Gasteiger partial charge on any atom is 0.403 e. The standard InChI is InChI=1S/C13H15F3N2/c14-13(15,16)12(18)4-2-1-3-10-5-7-11(9-17)8-6-10/h5-8,12H,1-4,18H2. The Hall–Kier alpha value is -1.54. The van der Waals surface area contributed by atoms with Crippen molar-refractivity contribution in [2.45, 2.75) is 37.9 Å². The lowest BCUT2D eigenvalue weighted by atomic mass is 10.0. The molecule has 1 aromatic carbocycles. The first-order valence-corrected chi connectivity index (χ1v) is 5.75. The van der Waals surface area contributed by atoms with E-state index in [1.807, 2.05) is 18.2 Å². The summed E-state index contributed by atoms with van der Waals surface area (Å²) in [6.07, 6.45) is -2.53. The molecule has 1 atom stereocenters. The Kier molecular flexibility index (Phi) is 5.17. The Balaban J connectivity index is 2.28. The van der Waals surface area contributed by atoms with Gasteiger partial charge >= 0.3 is 6.18 Å². The van der Waals surface area contributed by atoms with Crippen molar-refractivity contribution in [3.63, 3.8) is 0 Å². The van der Waals surface area contributed by atoms with Crippen LogP contribution in [0.2, 0.25) is 0 Å². The lowest BCUT2D eigenvalue weighted by Gasteiger charge is -2.14. The normalized spacial score (nSPS) is 13.1. The molecule has 0 aliphatic heterocycles. The number of rotatable bonds is 5. The summed E-state index contributed by atoms with van der Waals surface area (Å²) < 4.78 is 36.4. The zero-order chi connectivity index (χ0) is 13.6. The van der Waals surface area contributed by atoms with Gasteiger partial charge in [-0.15, -0.1) is 0 Å². The van der Waals surface area contributed by atoms with Crippen LogP contribution in [0.1, 0.15) is 30.4 Å². The second kappa shape index (κ2) is 6.41. The van der Waals surface area contributed by atoms with Crippen LogP contribution < -0.4 is 5.73 Å². The van der Waals surface area contributed by atoms with Crippen molar-refractivity contribution < 1.29 is 13.2 Å². The van der Waals surface area contributed by atoms with Crippen LogP contribution in [0.4, 0.5) is 13.2 Å². The van der Waals surface area contributed by atoms with Gasteiger partial charge in [0.25, 0.3) is 0 Å². The number of nitrogens with two attached hydrogens (primary N) is 1. The molecule has 1 rings (SSSR count). The first-order valence-electron chi connectivity index (χ1n) is 5.75. The number of halogens is 3. The molecule has 0 aliphatic carbocycles. The van der Waals surface area contributed by atoms with Crippen LogP contribution in [0.15, 0.2) is 24.3 Å². The minimum atomic E-state index is -4.30. The summed E-state index contributed by atoms with van der Waals surface area (Å²) in [6, 6.07) is 7.34. The summed E-state index contributed by atoms with van der Waals surface area (Å²) >= 11 is 0. The molecule has 18 heavy (non-hydrogen) atoms. The average molecular weight is 256 g/mol. The van der Waals surface area contributed by atoms with E-state index >= 15 is 0 Å². The number of unbranched alkanes of at least 4 members (excludes halogenated alkanes) is 1. The zero-order valence-electron chi connectivity index (χ0n) is 9.87. The number of benzene rings is 1. The fraction of sp³-hybridized carbons (Fsp3) is 0.462. The van der Waals surface area contributed by atoms with Crippen LogP contribution in [0.25, 0.3) is 0 Å². The summed E-state index contributed by atoms with van der Waals surface area (Å²) in [5.74, 6) is 0. The number of hydrogen-bond donors (Lipinski definition) is 1. The average Bonchev–Trinajstić information content (AvgIpc) is 2.34. The van der Waals surface area contributed by atoms with E-state index in [0.717, 1.165) is 5.56 Å². The molecule has 0 amide bonds. The Labute approximate surface area is 104 Å². The van der Waals surface area contributed by atoms with Crippen LogP contribution in [-0.2, 0) is 6.42 Å². The van der Waals surface area contributed by atoms with Gasteiger partial charge in [0.1, 0.15) is 6.04 Å². The van der Waals surface area contributed by atoms with Gasteiger partial charge in [0.05, 0.1) is 11.6 Å². The molecule has 0 radical (unpaired) electrons. The quantitative estimate of drug-likeness (QED) is 0.823. The highest BCUT2D eigenvalue weighted by atomic mass is 19.4. The second-order valence-electron chi connectivity index (χ2n) is 4.20. The van der Waals surface area contributed by atoms with Crippen molar-refractivity contribution in [1.82, 2.24) is 0 Å². The Morgan fingerprint density at radius 3 is 2.28 bits per heavy atom. The molecule has 2 nitrogen and oxygen atoms in total. The molecule has 2 N–H and O–H groups in total. The Bertz CT molecular complexity index is 404. The third kappa shape index (κ3) is 4.76. The number of alkyl halides is 3. The summed E-state index contributed by atoms with van der Waals surface area (Å²) in [5.41, 5.74) is 6.61. The highest BCUT2D eigenvalue weighted by Crippen LogP contribution is 2.22. The van der Waals surface area contributed by atoms with Crippen molar-refractivity contribution >= 4 is 0 Å². The van der Waals surface area contributed by atoms with Gasteiger partial charge in [-0.05, 0) is 37.0 Å². The van der Waals surface area contributed by atoms with Crippen LogP contribution >= 0.6 is 0 Å². The summed E-state index contributed by atoms with van der Waals surface area (Å²) in [6.45, 7) is 0. The van der Waals surface area contributed by atoms with Gasteiger partial charge in [-0.25, -0.2) is 0 Å². The SMILES string of the molecule is N#Cc1ccc(CCCCC(N)C(F)(F)F)cc1. The van der Waals surface area contributed by atoms with Gasteiger partial charge in [0.2, 0.25) is 0 Å². The second-order valence-corrected chi connectivity index (χ2v) is 4.20. The van der Waals surface area contributed by atoms with Crippen molar-refractivity contribution in [3.05, 3.63) is 35.4 Å². The number of hydrogen-bond acceptors (Lipinski definition) is 2. The number of nitriles is 1. The monoisotopic (exact) mass is 256 g/mol. The molecule has 0 fully saturated rings. The third-order valence-electron chi connectivity index (χ3n) is 2.73. The van der Waals surface area contributed by atoms with E-state index in [9.17, 15) is 13.2 Å². The predicted octanol–water partition coefficient (Wildman–Crippen LogP) is 3.16. The van der Waals surface area contributed by atoms with Gasteiger partial charge < -0.3 is 5.73 Å². The van der Waals surface area contributed by atoms with E-state index in [0.29, 0.717) is 24.8 Å². The predicted molar refractivity (Wildman–Crippen MR) is 62.7 cm³/mol. The topological polar surface area (TPSA) is 49.8 Å². The van der Waals surface area contributed by atoms with Crippen LogP contribution in [0.5, 0.6) is 0 Å². The Morgan fingerprint density at radius 1 is 1.17 bits per heavy atom. The zero-order valence-corrected chi connectivity index (χ0v) is 9.87. The minimum Gasteiger partial charge on any atom is -0.320 e. The maximum atomic E-state index is 12.1. The lowest BCUT2D eigenvalue weighted by molar-refractivity contribution is -0.149. The van der Waals surface area contributed by atoms with E-state index in [1.54, 1.807) is 12.1 Å². The molecule has 0 aromatic heterocycles. The molecule has 1 aromatic rings. The number of aryl methyl sites for hydroxylation is 1. The van der Waals surface area contributed by atoms with E-state index in [2.05, 4.69) is 0 Å². The molecule has 0 bridgehead atoms. The van der Waals surface area contributed by atoms with E-state index in [1.165, 1.54) is 0 Å². The summed E-state index contributed by atoms with van der Waals surface area (Å²) in [5, 5.41) is 8.61. The van der Waals surface area contributed by atoms with Crippen molar-refractivity contribution in [1.29, 1.82) is 5.26 Å². The maximum absolute atomic E-state index is 12.1. The van der Waals surface area contributed by atoms with Gasteiger partial charge in [0.15, 0.2) is 0 Å². The minimum absolute atomic E-state index is 0.0419. The van der Waals surface area contributed by atoms with Crippen LogP contribution in [0, 0.1) is 11.3 Å². The Morgan fingerprint density at radius 2 is 1.78 bits per heavy atom. The highest BCUT2D eigenvalue weighted by molar-refractivity contribution is 5.31. The summed E-state index contributed by atoms with van der Waals surface area (Å²) in [7, 11) is 0. The molecular weight excluding hydrogens is 241 g/mol. The lowest BCUT2D eigenvalue weighted by Crippen LogP contribution is -2.37. The fourth-order valence-electron chi connectivity index (χ4n) is 1.60. The smallest absolute Gasteiger partial charge is 0.320 e. The van der Waals surface area contributed by atoms with Gasteiger partial charge in [-0.1, -0.05) is 18.6 Å². The first kappa shape index (κ1) is 14.5. The third-order valence-corrected chi connectivity index (χ3v) is 2.73. The molecule has 0 saturated heterocycles.